The maximum absolute atomic E-state index is 12.8. The molecular formula is C27H27N2O6-. The van der Waals surface area contributed by atoms with Crippen molar-refractivity contribution in [3.8, 4) is 5.75 Å². The third kappa shape index (κ3) is 5.06. The molecule has 0 aliphatic carbocycles. The number of aromatic amines is 1. The fourth-order valence-corrected chi connectivity index (χ4v) is 4.26. The third-order valence-corrected chi connectivity index (χ3v) is 6.09. The molecule has 0 aliphatic heterocycles. The number of aryl methyl sites for hydroxylation is 2. The molecule has 2 N–H and O–H groups in total. The summed E-state index contributed by atoms with van der Waals surface area (Å²) in [6, 6.07) is 11.3. The lowest BCUT2D eigenvalue weighted by atomic mass is 10.0. The van der Waals surface area contributed by atoms with E-state index in [1.54, 1.807) is 25.3 Å². The molecule has 8 heteroatoms. The lowest BCUT2D eigenvalue weighted by molar-refractivity contribution is -0.308. The van der Waals surface area contributed by atoms with Crippen LogP contribution >= 0.6 is 0 Å². The van der Waals surface area contributed by atoms with E-state index in [9.17, 15) is 19.5 Å². The quantitative estimate of drug-likeness (QED) is 0.359. The predicted octanol–water partition coefficient (Wildman–Crippen LogP) is 2.78. The number of hydrogen-bond acceptors (Lipinski definition) is 6. The van der Waals surface area contributed by atoms with E-state index in [2.05, 4.69) is 10.3 Å². The van der Waals surface area contributed by atoms with E-state index in [1.165, 1.54) is 13.0 Å². The van der Waals surface area contributed by atoms with Gasteiger partial charge in [0.15, 0.2) is 6.10 Å². The summed E-state index contributed by atoms with van der Waals surface area (Å²) in [4.78, 5) is 39.7. The topological polar surface area (TPSA) is 124 Å². The van der Waals surface area contributed by atoms with Crippen LogP contribution in [0.25, 0.3) is 21.9 Å². The number of carbonyl (C=O) groups is 2. The maximum atomic E-state index is 12.8. The van der Waals surface area contributed by atoms with Gasteiger partial charge in [-0.15, -0.1) is 0 Å². The van der Waals surface area contributed by atoms with Crippen LogP contribution in [0.1, 0.15) is 37.0 Å². The van der Waals surface area contributed by atoms with Crippen LogP contribution in [0.4, 0.5) is 0 Å². The van der Waals surface area contributed by atoms with E-state index in [0.29, 0.717) is 16.9 Å². The minimum Gasteiger partial charge on any atom is -0.548 e. The number of amides is 1. The zero-order valence-electron chi connectivity index (χ0n) is 19.8. The van der Waals surface area contributed by atoms with Crippen LogP contribution in [0.3, 0.4) is 0 Å². The summed E-state index contributed by atoms with van der Waals surface area (Å²) in [5.41, 5.74) is 3.09. The minimum atomic E-state index is -1.39. The monoisotopic (exact) mass is 475 g/mol. The van der Waals surface area contributed by atoms with Crippen LogP contribution in [0.2, 0.25) is 0 Å². The number of ether oxygens (including phenoxy) is 1. The fourth-order valence-electron chi connectivity index (χ4n) is 4.26. The molecule has 0 spiro atoms. The molecule has 182 valence electrons. The highest BCUT2D eigenvalue weighted by atomic mass is 16.5. The Morgan fingerprint density at radius 3 is 2.66 bits per heavy atom. The standard InChI is InChI=1S/C27H28N2O6/c1-4-7-17-13-24(30)35-25-15(2)23(11-10-20(17)25)34-16(3)26(31)29-22(27(32)33)12-18-14-28-21-9-6-5-8-19(18)21/h5-6,8-11,13-14,16,22,28H,4,7,12H2,1-3H3,(H,29,31)(H,32,33)/p-1/t16-,22+/m1/s1. The van der Waals surface area contributed by atoms with Crippen molar-refractivity contribution in [1.29, 1.82) is 0 Å². The van der Waals surface area contributed by atoms with Gasteiger partial charge in [-0.3, -0.25) is 4.79 Å². The summed E-state index contributed by atoms with van der Waals surface area (Å²) in [5.74, 6) is -1.61. The number of para-hydroxylation sites is 1. The molecule has 2 atom stereocenters. The van der Waals surface area contributed by atoms with Gasteiger partial charge in [0, 0.05) is 40.5 Å². The molecule has 0 unspecified atom stereocenters. The van der Waals surface area contributed by atoms with Gasteiger partial charge in [-0.25, -0.2) is 4.79 Å². The molecule has 4 rings (SSSR count). The maximum Gasteiger partial charge on any atom is 0.336 e. The molecule has 0 bridgehead atoms. The first-order chi connectivity index (χ1) is 16.8. The number of hydrogen-bond donors (Lipinski definition) is 2. The second kappa shape index (κ2) is 10.0. The van der Waals surface area contributed by atoms with E-state index < -0.39 is 29.6 Å². The molecule has 4 aromatic rings. The van der Waals surface area contributed by atoms with Crippen molar-refractivity contribution in [2.24, 2.45) is 0 Å². The highest BCUT2D eigenvalue weighted by molar-refractivity contribution is 5.88. The zero-order valence-corrected chi connectivity index (χ0v) is 19.8. The number of fused-ring (bicyclic) bond motifs is 2. The Hall–Kier alpha value is -4.07. The predicted molar refractivity (Wildman–Crippen MR) is 130 cm³/mol. The van der Waals surface area contributed by atoms with Gasteiger partial charge in [0.1, 0.15) is 11.3 Å². The summed E-state index contributed by atoms with van der Waals surface area (Å²) in [6.45, 7) is 5.31. The number of rotatable bonds is 9. The number of aromatic nitrogens is 1. The first-order valence-corrected chi connectivity index (χ1v) is 11.6. The van der Waals surface area contributed by atoms with Gasteiger partial charge >= 0.3 is 5.63 Å². The Labute approximate surface area is 201 Å². The highest BCUT2D eigenvalue weighted by Gasteiger charge is 2.22. The average molecular weight is 476 g/mol. The van der Waals surface area contributed by atoms with Gasteiger partial charge in [-0.05, 0) is 49.6 Å². The van der Waals surface area contributed by atoms with Crippen LogP contribution in [-0.2, 0) is 22.4 Å². The molecule has 0 radical (unpaired) electrons. The number of carbonyl (C=O) groups excluding carboxylic acids is 2. The number of aliphatic carboxylic acids is 1. The Bertz CT molecular complexity index is 1450. The molecule has 2 aromatic carbocycles. The van der Waals surface area contributed by atoms with Crippen molar-refractivity contribution in [3.05, 3.63) is 75.8 Å². The molecule has 2 heterocycles. The van der Waals surface area contributed by atoms with E-state index in [0.717, 1.165) is 40.3 Å². The third-order valence-electron chi connectivity index (χ3n) is 6.09. The highest BCUT2D eigenvalue weighted by Crippen LogP contribution is 2.29. The number of carboxylic acids is 1. The fraction of sp³-hybridized carbons (Fsp3) is 0.296. The van der Waals surface area contributed by atoms with Crippen LogP contribution in [0.5, 0.6) is 5.75 Å². The lowest BCUT2D eigenvalue weighted by Gasteiger charge is -2.23. The number of carboxylic acid groups (broad SMARTS) is 1. The Kier molecular flexibility index (Phi) is 6.91. The van der Waals surface area contributed by atoms with Gasteiger partial charge in [0.2, 0.25) is 0 Å². The number of nitrogens with one attached hydrogen (secondary N) is 2. The molecule has 0 saturated carbocycles. The van der Waals surface area contributed by atoms with Crippen LogP contribution < -0.4 is 20.8 Å². The Balaban J connectivity index is 1.51. The summed E-state index contributed by atoms with van der Waals surface area (Å²) in [7, 11) is 0. The van der Waals surface area contributed by atoms with E-state index in [1.807, 2.05) is 31.2 Å². The van der Waals surface area contributed by atoms with Crippen molar-refractivity contribution < 1.29 is 23.8 Å². The average Bonchev–Trinajstić information content (AvgIpc) is 3.23. The van der Waals surface area contributed by atoms with Gasteiger partial charge in [0.25, 0.3) is 5.91 Å². The van der Waals surface area contributed by atoms with Crippen molar-refractivity contribution >= 4 is 33.7 Å². The lowest BCUT2D eigenvalue weighted by Crippen LogP contribution is -2.52. The molecule has 0 aliphatic rings. The van der Waals surface area contributed by atoms with Crippen molar-refractivity contribution in [2.75, 3.05) is 0 Å². The molecule has 1 amide bonds. The minimum absolute atomic E-state index is 0.0607. The van der Waals surface area contributed by atoms with Crippen LogP contribution in [0, 0.1) is 6.92 Å². The zero-order chi connectivity index (χ0) is 25.1. The van der Waals surface area contributed by atoms with Gasteiger partial charge in [-0.1, -0.05) is 31.5 Å². The molecule has 35 heavy (non-hydrogen) atoms. The van der Waals surface area contributed by atoms with E-state index in [-0.39, 0.29) is 6.42 Å². The summed E-state index contributed by atoms with van der Waals surface area (Å²) >= 11 is 0. The van der Waals surface area contributed by atoms with E-state index >= 15 is 0 Å². The van der Waals surface area contributed by atoms with Crippen LogP contribution in [0.15, 0.2) is 57.9 Å². The van der Waals surface area contributed by atoms with Crippen molar-refractivity contribution in [1.82, 2.24) is 10.3 Å². The molecule has 8 nitrogen and oxygen atoms in total. The van der Waals surface area contributed by atoms with Gasteiger partial charge in [0.05, 0.1) is 12.0 Å². The Morgan fingerprint density at radius 1 is 1.14 bits per heavy atom. The second-order valence-electron chi connectivity index (χ2n) is 8.61. The van der Waals surface area contributed by atoms with Gasteiger partial charge < -0.3 is 29.4 Å². The van der Waals surface area contributed by atoms with Gasteiger partial charge in [-0.2, -0.15) is 0 Å². The molecular weight excluding hydrogens is 448 g/mol. The largest absolute Gasteiger partial charge is 0.548 e. The smallest absolute Gasteiger partial charge is 0.336 e. The SMILES string of the molecule is CCCc1cc(=O)oc2c(C)c(O[C@H](C)C(=O)N[C@@H](Cc3c[nH]c4ccccc34)C(=O)[O-])ccc12. The van der Waals surface area contributed by atoms with Crippen molar-refractivity contribution in [2.45, 2.75) is 52.2 Å². The molecule has 0 fully saturated rings. The first kappa shape index (κ1) is 24.1. The number of H-pyrrole nitrogens is 1. The molecule has 0 saturated heterocycles. The molecule has 2 aromatic heterocycles. The summed E-state index contributed by atoms with van der Waals surface area (Å²) in [6.07, 6.45) is 2.41. The Morgan fingerprint density at radius 2 is 1.91 bits per heavy atom. The van der Waals surface area contributed by atoms with Crippen molar-refractivity contribution in [3.63, 3.8) is 0 Å². The number of benzene rings is 2. The second-order valence-corrected chi connectivity index (χ2v) is 8.61. The first-order valence-electron chi connectivity index (χ1n) is 11.6. The summed E-state index contributed by atoms with van der Waals surface area (Å²) < 4.78 is 11.3. The van der Waals surface area contributed by atoms with E-state index in [4.69, 9.17) is 9.15 Å². The normalized spacial score (nSPS) is 13.0. The summed E-state index contributed by atoms with van der Waals surface area (Å²) in [5, 5.41) is 16.0. The van der Waals surface area contributed by atoms with Crippen LogP contribution in [-0.4, -0.2) is 29.0 Å².